The lowest BCUT2D eigenvalue weighted by molar-refractivity contribution is 0.372. The van der Waals surface area contributed by atoms with Gasteiger partial charge in [-0.1, -0.05) is 12.1 Å². The second kappa shape index (κ2) is 10.3. The van der Waals surface area contributed by atoms with Crippen LogP contribution in [-0.2, 0) is 6.54 Å². The Hall–Kier alpha value is -1.35. The number of hydrogen-bond acceptors (Lipinski definition) is 4. The third-order valence-corrected chi connectivity index (χ3v) is 5.97. The van der Waals surface area contributed by atoms with Crippen LogP contribution < -0.4 is 10.2 Å². The van der Waals surface area contributed by atoms with E-state index in [1.54, 1.807) is 11.3 Å². The second-order valence-electron chi connectivity index (χ2n) is 6.72. The smallest absolute Gasteiger partial charge is 0.194 e. The Morgan fingerprint density at radius 1 is 1.19 bits per heavy atom. The molecule has 2 aromatic rings. The number of anilines is 1. The predicted octanol–water partition coefficient (Wildman–Crippen LogP) is 3.97. The van der Waals surface area contributed by atoms with E-state index in [9.17, 15) is 0 Å². The highest BCUT2D eigenvalue weighted by molar-refractivity contribution is 14.0. The number of rotatable bonds is 4. The average Bonchev–Trinajstić information content (AvgIpc) is 3.06. The van der Waals surface area contributed by atoms with E-state index in [-0.39, 0.29) is 24.0 Å². The first-order chi connectivity index (χ1) is 12.6. The van der Waals surface area contributed by atoms with Crippen molar-refractivity contribution in [3.8, 4) is 0 Å². The molecule has 0 radical (unpaired) electrons. The Kier molecular flexibility index (Phi) is 8.34. The summed E-state index contributed by atoms with van der Waals surface area (Å²) in [4.78, 5) is 15.3. The lowest BCUT2D eigenvalue weighted by Gasteiger charge is -2.38. The van der Waals surface area contributed by atoms with Gasteiger partial charge in [0.1, 0.15) is 0 Å². The summed E-state index contributed by atoms with van der Waals surface area (Å²) >= 11 is 1.68. The van der Waals surface area contributed by atoms with Gasteiger partial charge in [0.2, 0.25) is 0 Å². The number of nitrogens with one attached hydrogen (secondary N) is 1. The van der Waals surface area contributed by atoms with Gasteiger partial charge in [-0.2, -0.15) is 0 Å². The number of nitrogens with zero attached hydrogens (tertiary/aromatic N) is 4. The van der Waals surface area contributed by atoms with Gasteiger partial charge in [-0.25, -0.2) is 9.98 Å². The number of thiazole rings is 1. The number of halogens is 1. The summed E-state index contributed by atoms with van der Waals surface area (Å²) < 4.78 is 0. The van der Waals surface area contributed by atoms with Crippen LogP contribution in [0.1, 0.15) is 28.6 Å². The van der Waals surface area contributed by atoms with Crippen molar-refractivity contribution in [2.75, 3.05) is 37.6 Å². The first-order valence-corrected chi connectivity index (χ1v) is 10.2. The summed E-state index contributed by atoms with van der Waals surface area (Å²) in [6.45, 7) is 14.2. The first kappa shape index (κ1) is 21.9. The van der Waals surface area contributed by atoms with E-state index in [0.29, 0.717) is 6.54 Å². The number of aryl methyl sites for hydroxylation is 2. The average molecular weight is 499 g/mol. The fourth-order valence-electron chi connectivity index (χ4n) is 3.29. The quantitative estimate of drug-likeness (QED) is 0.393. The van der Waals surface area contributed by atoms with Crippen LogP contribution >= 0.6 is 35.3 Å². The van der Waals surface area contributed by atoms with Crippen molar-refractivity contribution >= 4 is 47.0 Å². The molecule has 0 atom stereocenters. The van der Waals surface area contributed by atoms with Gasteiger partial charge in [0.15, 0.2) is 5.96 Å². The summed E-state index contributed by atoms with van der Waals surface area (Å²) in [7, 11) is 0. The minimum Gasteiger partial charge on any atom is -0.368 e. The maximum Gasteiger partial charge on any atom is 0.194 e. The van der Waals surface area contributed by atoms with Crippen LogP contribution in [0, 0.1) is 20.8 Å². The molecule has 2 heterocycles. The second-order valence-corrected chi connectivity index (χ2v) is 7.66. The van der Waals surface area contributed by atoms with Crippen LogP contribution in [0.15, 0.2) is 28.7 Å². The standard InChI is InChI=1S/C20H29N5S.HI/c1-5-21-20(22-13-19-17(4)23-14-26-19)25-11-9-24(10-12-25)18-8-6-7-15(2)16(18)3;/h6-8,14H,5,9-13H2,1-4H3,(H,21,22);1H. The maximum absolute atomic E-state index is 4.85. The molecular formula is C20H30IN5S. The highest BCUT2D eigenvalue weighted by atomic mass is 127. The lowest BCUT2D eigenvalue weighted by Crippen LogP contribution is -2.52. The molecule has 0 amide bonds. The molecule has 1 aromatic carbocycles. The van der Waals surface area contributed by atoms with Crippen molar-refractivity contribution in [1.82, 2.24) is 15.2 Å². The summed E-state index contributed by atoms with van der Waals surface area (Å²) in [5.74, 6) is 1.01. The van der Waals surface area contributed by atoms with Gasteiger partial charge in [0, 0.05) is 43.3 Å². The van der Waals surface area contributed by atoms with Crippen molar-refractivity contribution in [2.24, 2.45) is 4.99 Å². The predicted molar refractivity (Wildman–Crippen MR) is 127 cm³/mol. The molecule has 1 aromatic heterocycles. The number of hydrogen-bond donors (Lipinski definition) is 1. The molecule has 1 fully saturated rings. The van der Waals surface area contributed by atoms with Crippen LogP contribution in [0.25, 0.3) is 0 Å². The Morgan fingerprint density at radius 3 is 2.56 bits per heavy atom. The molecule has 1 aliphatic rings. The van der Waals surface area contributed by atoms with Crippen LogP contribution in [0.4, 0.5) is 5.69 Å². The molecule has 3 rings (SSSR count). The van der Waals surface area contributed by atoms with E-state index in [1.165, 1.54) is 21.7 Å². The van der Waals surface area contributed by atoms with E-state index in [4.69, 9.17) is 4.99 Å². The Bertz CT molecular complexity index is 765. The minimum absolute atomic E-state index is 0. The topological polar surface area (TPSA) is 43.8 Å². The Morgan fingerprint density at radius 2 is 1.93 bits per heavy atom. The fraction of sp³-hybridized carbons (Fsp3) is 0.500. The third-order valence-electron chi connectivity index (χ3n) is 5.05. The molecule has 0 unspecified atom stereocenters. The lowest BCUT2D eigenvalue weighted by atomic mass is 10.1. The van der Waals surface area contributed by atoms with Crippen LogP contribution in [0.3, 0.4) is 0 Å². The summed E-state index contributed by atoms with van der Waals surface area (Å²) in [5.41, 5.74) is 7.11. The number of piperazine rings is 1. The molecule has 0 saturated carbocycles. The maximum atomic E-state index is 4.85. The van der Waals surface area contributed by atoms with Gasteiger partial charge < -0.3 is 15.1 Å². The summed E-state index contributed by atoms with van der Waals surface area (Å²) in [5, 5.41) is 3.45. The van der Waals surface area contributed by atoms with Crippen LogP contribution in [0.5, 0.6) is 0 Å². The third kappa shape index (κ3) is 5.34. The fourth-order valence-corrected chi connectivity index (χ4v) is 3.99. The normalized spacial score (nSPS) is 14.9. The van der Waals surface area contributed by atoms with Gasteiger partial charge in [0.25, 0.3) is 0 Å². The van der Waals surface area contributed by atoms with Crippen molar-refractivity contribution in [3.63, 3.8) is 0 Å². The number of aliphatic imine (C=N–C) groups is 1. The molecule has 7 heteroatoms. The number of guanidine groups is 1. The molecule has 0 aliphatic carbocycles. The molecule has 1 saturated heterocycles. The van der Waals surface area contributed by atoms with Gasteiger partial charge in [-0.3, -0.25) is 0 Å². The molecule has 27 heavy (non-hydrogen) atoms. The minimum atomic E-state index is 0. The van der Waals surface area contributed by atoms with Gasteiger partial charge in [0.05, 0.1) is 17.7 Å². The number of benzene rings is 1. The van der Waals surface area contributed by atoms with E-state index in [1.807, 2.05) is 5.51 Å². The largest absolute Gasteiger partial charge is 0.368 e. The molecule has 1 aliphatic heterocycles. The Balaban J connectivity index is 0.00000261. The SMILES string of the molecule is CCNC(=NCc1scnc1C)N1CCN(c2cccc(C)c2C)CC1.I. The molecular weight excluding hydrogens is 469 g/mol. The van der Waals surface area contributed by atoms with Gasteiger partial charge >= 0.3 is 0 Å². The van der Waals surface area contributed by atoms with E-state index in [2.05, 4.69) is 66.0 Å². The molecule has 148 valence electrons. The van der Waals surface area contributed by atoms with Crippen molar-refractivity contribution in [3.05, 3.63) is 45.4 Å². The highest BCUT2D eigenvalue weighted by Gasteiger charge is 2.21. The number of aromatic nitrogens is 1. The molecule has 5 nitrogen and oxygen atoms in total. The molecule has 1 N–H and O–H groups in total. The van der Waals surface area contributed by atoms with Crippen LogP contribution in [-0.4, -0.2) is 48.6 Å². The monoisotopic (exact) mass is 499 g/mol. The van der Waals surface area contributed by atoms with Crippen LogP contribution in [0.2, 0.25) is 0 Å². The molecule has 0 spiro atoms. The highest BCUT2D eigenvalue weighted by Crippen LogP contribution is 2.24. The first-order valence-electron chi connectivity index (χ1n) is 9.33. The molecule has 0 bridgehead atoms. The van der Waals surface area contributed by atoms with Crippen molar-refractivity contribution in [1.29, 1.82) is 0 Å². The zero-order chi connectivity index (χ0) is 18.5. The van der Waals surface area contributed by atoms with Gasteiger partial charge in [-0.05, 0) is 44.9 Å². The van der Waals surface area contributed by atoms with Crippen molar-refractivity contribution in [2.45, 2.75) is 34.2 Å². The van der Waals surface area contributed by atoms with Gasteiger partial charge in [-0.15, -0.1) is 35.3 Å². The Labute approximate surface area is 183 Å². The van der Waals surface area contributed by atoms with E-state index in [0.717, 1.165) is 44.4 Å². The zero-order valence-corrected chi connectivity index (χ0v) is 19.8. The summed E-state index contributed by atoms with van der Waals surface area (Å²) in [6, 6.07) is 6.59. The van der Waals surface area contributed by atoms with E-state index >= 15 is 0 Å². The summed E-state index contributed by atoms with van der Waals surface area (Å²) in [6.07, 6.45) is 0. The van der Waals surface area contributed by atoms with E-state index < -0.39 is 0 Å². The van der Waals surface area contributed by atoms with Crippen molar-refractivity contribution < 1.29 is 0 Å². The zero-order valence-electron chi connectivity index (χ0n) is 16.7.